The molecule has 1 heterocycles. The second-order valence-electron chi connectivity index (χ2n) is 6.07. The molecule has 7 nitrogen and oxygen atoms in total. The van der Waals surface area contributed by atoms with Crippen LogP contribution >= 0.6 is 27.5 Å². The first-order valence-corrected chi connectivity index (χ1v) is 9.64. The van der Waals surface area contributed by atoms with E-state index in [4.69, 9.17) is 16.3 Å². The largest absolute Gasteiger partial charge is 0.476 e. The molecule has 1 N–H and O–H groups in total. The molecule has 0 aromatic heterocycles. The summed E-state index contributed by atoms with van der Waals surface area (Å²) in [5, 5.41) is 1.38. The van der Waals surface area contributed by atoms with Gasteiger partial charge in [0.25, 0.3) is 11.8 Å². The van der Waals surface area contributed by atoms with Gasteiger partial charge in [0.2, 0.25) is 0 Å². The third-order valence-corrected chi connectivity index (χ3v) is 4.94. The highest BCUT2D eigenvalue weighted by molar-refractivity contribution is 9.10. The molecule has 0 radical (unpaired) electrons. The first-order chi connectivity index (χ1) is 13.8. The standard InChI is InChI=1S/C20H16BrClN2O5/c1-11(20(27)28-2)29-17-15(21)9-12(10-16(17)22)8-14-18(25)23-24(19(14)26)13-6-4-3-5-7-13/h3-11H,1-2H3,(H,23,25)/b14-8-/t11-/m1/s1. The molecule has 1 saturated heterocycles. The van der Waals surface area contributed by atoms with Gasteiger partial charge in [-0.25, -0.2) is 9.80 Å². The van der Waals surface area contributed by atoms with Crippen LogP contribution in [0, 0.1) is 0 Å². The number of halogens is 2. The first-order valence-electron chi connectivity index (χ1n) is 8.47. The number of hydrogen-bond acceptors (Lipinski definition) is 5. The number of esters is 1. The predicted octanol–water partition coefficient (Wildman–Crippen LogP) is 3.50. The van der Waals surface area contributed by atoms with E-state index in [1.807, 2.05) is 6.07 Å². The summed E-state index contributed by atoms with van der Waals surface area (Å²) in [6.07, 6.45) is 0.574. The average Bonchev–Trinajstić information content (AvgIpc) is 2.98. The van der Waals surface area contributed by atoms with Crippen molar-refractivity contribution in [3.05, 3.63) is 63.1 Å². The fourth-order valence-corrected chi connectivity index (χ4v) is 3.61. The van der Waals surface area contributed by atoms with Crippen LogP contribution in [0.25, 0.3) is 6.08 Å². The third-order valence-electron chi connectivity index (χ3n) is 4.07. The molecule has 0 unspecified atom stereocenters. The zero-order valence-corrected chi connectivity index (χ0v) is 17.8. The van der Waals surface area contributed by atoms with Crippen molar-refractivity contribution in [1.29, 1.82) is 0 Å². The summed E-state index contributed by atoms with van der Waals surface area (Å²) in [7, 11) is 1.26. The van der Waals surface area contributed by atoms with Gasteiger partial charge in [0.1, 0.15) is 5.57 Å². The number of rotatable bonds is 5. The van der Waals surface area contributed by atoms with E-state index in [0.717, 1.165) is 0 Å². The van der Waals surface area contributed by atoms with Crippen LogP contribution in [-0.4, -0.2) is 31.0 Å². The van der Waals surface area contributed by atoms with Crippen molar-refractivity contribution in [2.75, 3.05) is 12.1 Å². The number of para-hydroxylation sites is 1. The third kappa shape index (κ3) is 4.44. The maximum Gasteiger partial charge on any atom is 0.346 e. The van der Waals surface area contributed by atoms with E-state index in [2.05, 4.69) is 26.1 Å². The van der Waals surface area contributed by atoms with Crippen LogP contribution in [-0.2, 0) is 19.1 Å². The lowest BCUT2D eigenvalue weighted by atomic mass is 10.1. The van der Waals surface area contributed by atoms with Crippen LogP contribution in [0.15, 0.2) is 52.5 Å². The summed E-state index contributed by atoms with van der Waals surface area (Å²) >= 11 is 9.62. The zero-order valence-electron chi connectivity index (χ0n) is 15.4. The van der Waals surface area contributed by atoms with Gasteiger partial charge >= 0.3 is 5.97 Å². The second kappa shape index (κ2) is 8.67. The van der Waals surface area contributed by atoms with Gasteiger partial charge < -0.3 is 9.47 Å². The molecule has 0 aliphatic carbocycles. The highest BCUT2D eigenvalue weighted by Gasteiger charge is 2.34. The molecule has 29 heavy (non-hydrogen) atoms. The highest BCUT2D eigenvalue weighted by atomic mass is 79.9. The van der Waals surface area contributed by atoms with Gasteiger partial charge in [-0.05, 0) is 58.8 Å². The Hall–Kier alpha value is -2.84. The molecule has 2 aromatic rings. The number of hydrazine groups is 1. The molecule has 1 atom stereocenters. The van der Waals surface area contributed by atoms with E-state index < -0.39 is 23.9 Å². The highest BCUT2D eigenvalue weighted by Crippen LogP contribution is 2.36. The summed E-state index contributed by atoms with van der Waals surface area (Å²) < 4.78 is 10.6. The number of methoxy groups -OCH3 is 1. The Labute approximate surface area is 180 Å². The molecule has 0 bridgehead atoms. The minimum atomic E-state index is -0.861. The maximum atomic E-state index is 12.7. The fourth-order valence-electron chi connectivity index (χ4n) is 2.65. The van der Waals surface area contributed by atoms with Crippen molar-refractivity contribution in [3.63, 3.8) is 0 Å². The quantitative estimate of drug-likeness (QED) is 0.403. The van der Waals surface area contributed by atoms with Crippen molar-refractivity contribution in [1.82, 2.24) is 5.43 Å². The van der Waals surface area contributed by atoms with Crippen LogP contribution in [0.2, 0.25) is 5.02 Å². The molecule has 1 aliphatic rings. The number of amides is 2. The van der Waals surface area contributed by atoms with Crippen LogP contribution < -0.4 is 15.2 Å². The monoisotopic (exact) mass is 478 g/mol. The van der Waals surface area contributed by atoms with Crippen molar-refractivity contribution < 1.29 is 23.9 Å². The number of ether oxygens (including phenoxy) is 2. The molecule has 0 saturated carbocycles. The Morgan fingerprint density at radius 2 is 1.93 bits per heavy atom. The number of hydrogen-bond donors (Lipinski definition) is 1. The fraction of sp³-hybridized carbons (Fsp3) is 0.150. The molecule has 1 fully saturated rings. The normalized spacial score (nSPS) is 16.0. The van der Waals surface area contributed by atoms with Gasteiger partial charge in [-0.3, -0.25) is 15.0 Å². The number of carbonyl (C=O) groups excluding carboxylic acids is 3. The number of anilines is 1. The average molecular weight is 480 g/mol. The van der Waals surface area contributed by atoms with E-state index in [1.54, 1.807) is 30.3 Å². The van der Waals surface area contributed by atoms with E-state index in [0.29, 0.717) is 15.7 Å². The predicted molar refractivity (Wildman–Crippen MR) is 111 cm³/mol. The molecule has 150 valence electrons. The Balaban J connectivity index is 1.88. The van der Waals surface area contributed by atoms with Gasteiger partial charge in [-0.2, -0.15) is 0 Å². The molecule has 3 rings (SSSR count). The lowest BCUT2D eigenvalue weighted by Gasteiger charge is -2.15. The number of benzene rings is 2. The van der Waals surface area contributed by atoms with E-state index in [1.165, 1.54) is 31.2 Å². The summed E-state index contributed by atoms with van der Waals surface area (Å²) in [4.78, 5) is 36.5. The minimum Gasteiger partial charge on any atom is -0.476 e. The van der Waals surface area contributed by atoms with Gasteiger partial charge in [0, 0.05) is 0 Å². The van der Waals surface area contributed by atoms with Crippen LogP contribution in [0.4, 0.5) is 5.69 Å². The van der Waals surface area contributed by atoms with Gasteiger partial charge in [-0.15, -0.1) is 0 Å². The molecule has 2 aromatic carbocycles. The number of carbonyl (C=O) groups is 3. The zero-order chi connectivity index (χ0) is 21.1. The second-order valence-corrected chi connectivity index (χ2v) is 7.33. The van der Waals surface area contributed by atoms with Gasteiger partial charge in [-0.1, -0.05) is 29.8 Å². The Kier molecular flexibility index (Phi) is 6.24. The van der Waals surface area contributed by atoms with E-state index >= 15 is 0 Å². The SMILES string of the molecule is COC(=O)[C@@H](C)Oc1c(Cl)cc(/C=C2/C(=O)NN(c3ccccc3)C2=O)cc1Br. The Morgan fingerprint density at radius 3 is 2.55 bits per heavy atom. The van der Waals surface area contributed by atoms with E-state index in [-0.39, 0.29) is 16.3 Å². The smallest absolute Gasteiger partial charge is 0.346 e. The van der Waals surface area contributed by atoms with E-state index in [9.17, 15) is 14.4 Å². The molecule has 2 amide bonds. The Morgan fingerprint density at radius 1 is 1.24 bits per heavy atom. The van der Waals surface area contributed by atoms with Crippen molar-refractivity contribution in [2.45, 2.75) is 13.0 Å². The molecular formula is C20H16BrClN2O5. The van der Waals surface area contributed by atoms with Crippen molar-refractivity contribution >= 4 is 57.1 Å². The summed E-state index contributed by atoms with van der Waals surface area (Å²) in [6, 6.07) is 11.9. The maximum absolute atomic E-state index is 12.7. The first kappa shape index (κ1) is 20.9. The summed E-state index contributed by atoms with van der Waals surface area (Å²) in [5.74, 6) is -1.30. The lowest BCUT2D eigenvalue weighted by molar-refractivity contribution is -0.147. The molecule has 0 spiro atoms. The summed E-state index contributed by atoms with van der Waals surface area (Å²) in [6.45, 7) is 1.53. The number of nitrogens with zero attached hydrogens (tertiary/aromatic N) is 1. The topological polar surface area (TPSA) is 84.9 Å². The summed E-state index contributed by atoms with van der Waals surface area (Å²) in [5.41, 5.74) is 3.56. The van der Waals surface area contributed by atoms with Crippen LogP contribution in [0.5, 0.6) is 5.75 Å². The minimum absolute atomic E-state index is 0.0339. The Bertz CT molecular complexity index is 986. The molecule has 1 aliphatic heterocycles. The van der Waals surface area contributed by atoms with Crippen molar-refractivity contribution in [2.24, 2.45) is 0 Å². The lowest BCUT2D eigenvalue weighted by Crippen LogP contribution is -2.35. The molecular weight excluding hydrogens is 464 g/mol. The molecule has 9 heteroatoms. The number of nitrogens with one attached hydrogen (secondary N) is 1. The van der Waals surface area contributed by atoms with Crippen molar-refractivity contribution in [3.8, 4) is 5.75 Å². The van der Waals surface area contributed by atoms with Gasteiger partial charge in [0.05, 0.1) is 22.3 Å². The van der Waals surface area contributed by atoms with Crippen LogP contribution in [0.3, 0.4) is 0 Å². The van der Waals surface area contributed by atoms with Crippen LogP contribution in [0.1, 0.15) is 12.5 Å². The van der Waals surface area contributed by atoms with Gasteiger partial charge in [0.15, 0.2) is 11.9 Å².